The number of rotatable bonds is 4. The Bertz CT molecular complexity index is 1380. The highest BCUT2D eigenvalue weighted by atomic mass is 35.5. The molecule has 8 nitrogen and oxygen atoms in total. The summed E-state index contributed by atoms with van der Waals surface area (Å²) >= 11 is 11.4. The molecule has 33 heavy (non-hydrogen) atoms. The number of thiocarbonyl (C=S) groups is 1. The topological polar surface area (TPSA) is 106 Å². The van der Waals surface area contributed by atoms with Gasteiger partial charge in [0.15, 0.2) is 5.11 Å². The number of carbonyl (C=O) groups excluding carboxylic acids is 2. The maximum Gasteiger partial charge on any atom is 0.270 e. The Morgan fingerprint density at radius 2 is 1.91 bits per heavy atom. The van der Waals surface area contributed by atoms with Gasteiger partial charge in [0, 0.05) is 22.7 Å². The number of nitrogens with zero attached hydrogens (tertiary/aromatic N) is 2. The predicted octanol–water partition coefficient (Wildman–Crippen LogP) is 4.96. The molecule has 1 aromatic heterocycles. The van der Waals surface area contributed by atoms with Gasteiger partial charge in [-0.2, -0.15) is 0 Å². The van der Waals surface area contributed by atoms with Crippen LogP contribution in [0.3, 0.4) is 0 Å². The number of carbonyl (C=O) groups is 2. The molecule has 4 rings (SSSR count). The van der Waals surface area contributed by atoms with Gasteiger partial charge >= 0.3 is 0 Å². The summed E-state index contributed by atoms with van der Waals surface area (Å²) in [5.41, 5.74) is 2.22. The zero-order chi connectivity index (χ0) is 23.9. The summed E-state index contributed by atoms with van der Waals surface area (Å²) in [5.74, 6) is -0.559. The molecular weight excluding hydrogens is 466 g/mol. The molecular formula is C23H16ClN3O5S. The van der Waals surface area contributed by atoms with E-state index in [0.717, 1.165) is 0 Å². The molecule has 0 spiro atoms. The van der Waals surface area contributed by atoms with Gasteiger partial charge in [-0.25, -0.2) is 0 Å². The lowest BCUT2D eigenvalue weighted by atomic mass is 10.1. The molecule has 1 fully saturated rings. The molecule has 1 N–H and O–H groups in total. The zero-order valence-electron chi connectivity index (χ0n) is 17.4. The Kier molecular flexibility index (Phi) is 5.84. The number of non-ortho nitro benzene ring substituents is 1. The first-order chi connectivity index (χ1) is 15.7. The fourth-order valence-electron chi connectivity index (χ4n) is 3.47. The van der Waals surface area contributed by atoms with Crippen LogP contribution >= 0.6 is 23.8 Å². The van der Waals surface area contributed by atoms with Crippen LogP contribution in [-0.2, 0) is 9.59 Å². The minimum absolute atomic E-state index is 0.0259. The molecule has 0 atom stereocenters. The molecule has 0 radical (unpaired) electrons. The van der Waals surface area contributed by atoms with Crippen molar-refractivity contribution in [1.82, 2.24) is 5.32 Å². The number of amides is 2. The normalized spacial score (nSPS) is 15.2. The second-order valence-corrected chi connectivity index (χ2v) is 8.09. The van der Waals surface area contributed by atoms with E-state index in [4.69, 9.17) is 28.2 Å². The van der Waals surface area contributed by atoms with E-state index < -0.39 is 16.7 Å². The van der Waals surface area contributed by atoms with Crippen LogP contribution in [0.1, 0.15) is 16.9 Å². The summed E-state index contributed by atoms with van der Waals surface area (Å²) in [6, 6.07) is 12.7. The predicted molar refractivity (Wildman–Crippen MR) is 128 cm³/mol. The van der Waals surface area contributed by atoms with Crippen molar-refractivity contribution in [2.75, 3.05) is 4.90 Å². The standard InChI is InChI=1S/C23H16ClN3O5S/c1-12-10-14(27(30)31)6-8-16(12)20-9-7-15(32-20)11-17-21(28)25-23(33)26(22(17)29)19-5-3-4-18(24)13(19)2/h3-11H,1-2H3,(H,25,28,33)/b17-11-. The van der Waals surface area contributed by atoms with Crippen molar-refractivity contribution in [3.63, 3.8) is 0 Å². The maximum atomic E-state index is 13.2. The van der Waals surface area contributed by atoms with Gasteiger partial charge in [-0.1, -0.05) is 17.7 Å². The van der Waals surface area contributed by atoms with Gasteiger partial charge in [-0.15, -0.1) is 0 Å². The zero-order valence-corrected chi connectivity index (χ0v) is 19.0. The van der Waals surface area contributed by atoms with Crippen LogP contribution in [0.15, 0.2) is 58.5 Å². The number of nitro groups is 1. The molecule has 2 amide bonds. The van der Waals surface area contributed by atoms with E-state index in [-0.39, 0.29) is 22.1 Å². The lowest BCUT2D eigenvalue weighted by Crippen LogP contribution is -2.54. The molecule has 166 valence electrons. The molecule has 0 aliphatic carbocycles. The minimum atomic E-state index is -0.648. The number of benzene rings is 2. The van der Waals surface area contributed by atoms with E-state index in [9.17, 15) is 19.7 Å². The Balaban J connectivity index is 1.69. The third kappa shape index (κ3) is 4.15. The number of aryl methyl sites for hydroxylation is 1. The number of nitrogens with one attached hydrogen (secondary N) is 1. The maximum absolute atomic E-state index is 13.2. The van der Waals surface area contributed by atoms with Gasteiger partial charge in [0.2, 0.25) is 0 Å². The van der Waals surface area contributed by atoms with Crippen LogP contribution in [0.2, 0.25) is 5.02 Å². The van der Waals surface area contributed by atoms with Crippen molar-refractivity contribution in [3.8, 4) is 11.3 Å². The Labute approximate surface area is 198 Å². The Hall–Kier alpha value is -3.82. The van der Waals surface area contributed by atoms with Gasteiger partial charge in [0.05, 0.1) is 10.6 Å². The van der Waals surface area contributed by atoms with Crippen molar-refractivity contribution in [2.24, 2.45) is 0 Å². The quantitative estimate of drug-likeness (QED) is 0.186. The van der Waals surface area contributed by atoms with Crippen LogP contribution in [-0.4, -0.2) is 21.9 Å². The highest BCUT2D eigenvalue weighted by molar-refractivity contribution is 7.80. The van der Waals surface area contributed by atoms with Crippen LogP contribution in [0, 0.1) is 24.0 Å². The number of hydrogen-bond donors (Lipinski definition) is 1. The van der Waals surface area contributed by atoms with Crippen molar-refractivity contribution in [3.05, 3.63) is 86.1 Å². The first-order valence-corrected chi connectivity index (χ1v) is 10.5. The third-order valence-electron chi connectivity index (χ3n) is 5.18. The summed E-state index contributed by atoms with van der Waals surface area (Å²) in [5, 5.41) is 13.9. The van der Waals surface area contributed by atoms with Crippen LogP contribution in [0.4, 0.5) is 11.4 Å². The Morgan fingerprint density at radius 3 is 2.61 bits per heavy atom. The van der Waals surface area contributed by atoms with Gasteiger partial charge in [-0.3, -0.25) is 29.9 Å². The lowest BCUT2D eigenvalue weighted by molar-refractivity contribution is -0.384. The fraction of sp³-hybridized carbons (Fsp3) is 0.0870. The van der Waals surface area contributed by atoms with Gasteiger partial charge in [0.25, 0.3) is 17.5 Å². The van der Waals surface area contributed by atoms with Crippen molar-refractivity contribution >= 4 is 58.2 Å². The highest BCUT2D eigenvalue weighted by Crippen LogP contribution is 2.31. The summed E-state index contributed by atoms with van der Waals surface area (Å²) < 4.78 is 5.81. The monoisotopic (exact) mass is 481 g/mol. The molecule has 2 heterocycles. The van der Waals surface area contributed by atoms with Crippen LogP contribution in [0.25, 0.3) is 17.4 Å². The van der Waals surface area contributed by atoms with Crippen molar-refractivity contribution in [1.29, 1.82) is 0 Å². The molecule has 0 unspecified atom stereocenters. The first kappa shape index (κ1) is 22.4. The summed E-state index contributed by atoms with van der Waals surface area (Å²) in [6.45, 7) is 3.48. The van der Waals surface area contributed by atoms with E-state index in [1.165, 1.54) is 23.1 Å². The molecule has 1 aliphatic heterocycles. The molecule has 10 heteroatoms. The molecule has 3 aromatic rings. The third-order valence-corrected chi connectivity index (χ3v) is 5.88. The van der Waals surface area contributed by atoms with Gasteiger partial charge < -0.3 is 4.42 Å². The highest BCUT2D eigenvalue weighted by Gasteiger charge is 2.35. The largest absolute Gasteiger partial charge is 0.457 e. The minimum Gasteiger partial charge on any atom is -0.457 e. The molecule has 0 saturated carbocycles. The molecule has 1 aliphatic rings. The number of hydrogen-bond acceptors (Lipinski definition) is 6. The summed E-state index contributed by atoms with van der Waals surface area (Å²) in [4.78, 5) is 37.5. The molecule has 1 saturated heterocycles. The van der Waals surface area contributed by atoms with Crippen LogP contribution in [0.5, 0.6) is 0 Å². The molecule has 2 aromatic carbocycles. The summed E-state index contributed by atoms with van der Waals surface area (Å²) in [6.07, 6.45) is 1.33. The lowest BCUT2D eigenvalue weighted by Gasteiger charge is -2.30. The van der Waals surface area contributed by atoms with E-state index >= 15 is 0 Å². The average molecular weight is 482 g/mol. The van der Waals surface area contributed by atoms with E-state index in [1.807, 2.05) is 0 Å². The number of nitro benzene ring substituents is 1. The summed E-state index contributed by atoms with van der Waals surface area (Å²) in [7, 11) is 0. The second kappa shape index (κ2) is 8.61. The number of anilines is 1. The second-order valence-electron chi connectivity index (χ2n) is 7.30. The SMILES string of the molecule is Cc1cc([N+](=O)[O-])ccc1-c1ccc(/C=C2/C(=O)NC(=S)N(c3cccc(Cl)c3C)C2=O)o1. The number of furan rings is 1. The van der Waals surface area contributed by atoms with Gasteiger partial charge in [0.1, 0.15) is 17.1 Å². The molecule has 0 bridgehead atoms. The van der Waals surface area contributed by atoms with E-state index in [0.29, 0.717) is 33.2 Å². The fourth-order valence-corrected chi connectivity index (χ4v) is 3.91. The first-order valence-electron chi connectivity index (χ1n) is 9.69. The van der Waals surface area contributed by atoms with E-state index in [2.05, 4.69) is 5.32 Å². The average Bonchev–Trinajstić information content (AvgIpc) is 3.22. The van der Waals surface area contributed by atoms with Gasteiger partial charge in [-0.05, 0) is 73.6 Å². The van der Waals surface area contributed by atoms with E-state index in [1.54, 1.807) is 50.2 Å². The van der Waals surface area contributed by atoms with Crippen molar-refractivity contribution < 1.29 is 18.9 Å². The Morgan fingerprint density at radius 1 is 1.15 bits per heavy atom. The van der Waals surface area contributed by atoms with Crippen LogP contribution < -0.4 is 10.2 Å². The van der Waals surface area contributed by atoms with Crippen molar-refractivity contribution in [2.45, 2.75) is 13.8 Å². The smallest absolute Gasteiger partial charge is 0.270 e. The number of halogens is 1.